The number of Topliss-reactive ketones (excluding diaryl/α,β-unsaturated/α-hetero) is 1. The third-order valence-corrected chi connectivity index (χ3v) is 1.92. The van der Waals surface area contributed by atoms with Crippen LogP contribution in [0.2, 0.25) is 0 Å². The van der Waals surface area contributed by atoms with Crippen LogP contribution in [-0.2, 0) is 0 Å². The van der Waals surface area contributed by atoms with E-state index in [2.05, 4.69) is 0 Å². The van der Waals surface area contributed by atoms with Crippen LogP contribution in [0.1, 0.15) is 29.3 Å². The van der Waals surface area contributed by atoms with Crippen molar-refractivity contribution in [2.24, 2.45) is 0 Å². The van der Waals surface area contributed by atoms with Gasteiger partial charge < -0.3 is 0 Å². The van der Waals surface area contributed by atoms with Gasteiger partial charge in [-0.1, -0.05) is 6.92 Å². The van der Waals surface area contributed by atoms with E-state index in [1.807, 2.05) is 0 Å². The lowest BCUT2D eigenvalue weighted by Crippen LogP contribution is -1.99. The molecule has 0 N–H and O–H groups in total. The molecule has 74 valence electrons. The highest BCUT2D eigenvalue weighted by Gasteiger charge is 2.11. The Labute approximate surface area is 81.7 Å². The maximum Gasteiger partial charge on any atom is 0.270 e. The number of benzene rings is 1. The summed E-state index contributed by atoms with van der Waals surface area (Å²) in [6.07, 6.45) is 0.362. The molecule has 0 heterocycles. The zero-order valence-corrected chi connectivity index (χ0v) is 8.11. The number of nitro benzene ring substituents is 1. The predicted molar refractivity (Wildman–Crippen MR) is 52.5 cm³/mol. The van der Waals surface area contributed by atoms with Crippen molar-refractivity contribution >= 4 is 11.5 Å². The molecule has 1 rings (SSSR count). The van der Waals surface area contributed by atoms with E-state index in [-0.39, 0.29) is 11.5 Å². The molecule has 1 aromatic rings. The number of hydrogen-bond acceptors (Lipinski definition) is 3. The van der Waals surface area contributed by atoms with E-state index in [1.54, 1.807) is 19.9 Å². The molecule has 4 heteroatoms. The van der Waals surface area contributed by atoms with Gasteiger partial charge in [-0.05, 0) is 18.6 Å². The molecular formula is C10H11NO3. The highest BCUT2D eigenvalue weighted by atomic mass is 16.6. The molecular weight excluding hydrogens is 182 g/mol. The van der Waals surface area contributed by atoms with Gasteiger partial charge in [0.25, 0.3) is 5.69 Å². The van der Waals surface area contributed by atoms with Crippen LogP contribution >= 0.6 is 0 Å². The third-order valence-electron chi connectivity index (χ3n) is 1.92. The molecule has 0 fully saturated rings. The Balaban J connectivity index is 3.20. The van der Waals surface area contributed by atoms with Gasteiger partial charge in [0.2, 0.25) is 0 Å². The maximum atomic E-state index is 11.3. The Morgan fingerprint density at radius 1 is 1.43 bits per heavy atom. The van der Waals surface area contributed by atoms with E-state index in [0.717, 1.165) is 5.56 Å². The largest absolute Gasteiger partial charge is 0.294 e. The highest BCUT2D eigenvalue weighted by Crippen LogP contribution is 2.17. The van der Waals surface area contributed by atoms with Crippen molar-refractivity contribution in [3.05, 3.63) is 39.4 Å². The minimum absolute atomic E-state index is 0.0261. The quantitative estimate of drug-likeness (QED) is 0.421. The number of non-ortho nitro benzene ring substituents is 1. The zero-order chi connectivity index (χ0) is 10.7. The minimum Gasteiger partial charge on any atom is -0.294 e. The van der Waals surface area contributed by atoms with Gasteiger partial charge in [-0.3, -0.25) is 14.9 Å². The first kappa shape index (κ1) is 10.4. The molecule has 0 aliphatic carbocycles. The molecule has 0 saturated carbocycles. The van der Waals surface area contributed by atoms with E-state index in [9.17, 15) is 14.9 Å². The van der Waals surface area contributed by atoms with E-state index >= 15 is 0 Å². The van der Waals surface area contributed by atoms with Gasteiger partial charge in [0.05, 0.1) is 4.92 Å². The van der Waals surface area contributed by atoms with Crippen LogP contribution in [0.4, 0.5) is 5.69 Å². The van der Waals surface area contributed by atoms with Gasteiger partial charge in [0.15, 0.2) is 5.78 Å². The fourth-order valence-electron chi connectivity index (χ4n) is 1.23. The Bertz CT molecular complexity index is 385. The molecule has 1 aromatic carbocycles. The first-order valence-corrected chi connectivity index (χ1v) is 4.34. The smallest absolute Gasteiger partial charge is 0.270 e. The van der Waals surface area contributed by atoms with Crippen molar-refractivity contribution in [2.75, 3.05) is 0 Å². The topological polar surface area (TPSA) is 60.2 Å². The Morgan fingerprint density at radius 3 is 2.57 bits per heavy atom. The summed E-state index contributed by atoms with van der Waals surface area (Å²) >= 11 is 0. The SMILES string of the molecule is CCC(=O)c1cc(C)cc([N+](=O)[O-])c1. The highest BCUT2D eigenvalue weighted by molar-refractivity contribution is 5.96. The Kier molecular flexibility index (Phi) is 2.96. The summed E-state index contributed by atoms with van der Waals surface area (Å²) in [5.74, 6) is -0.0724. The minimum atomic E-state index is -0.487. The number of hydrogen-bond donors (Lipinski definition) is 0. The number of aryl methyl sites for hydroxylation is 1. The normalized spacial score (nSPS) is 9.86. The van der Waals surface area contributed by atoms with Crippen LogP contribution in [0, 0.1) is 17.0 Å². The summed E-state index contributed by atoms with van der Waals surface area (Å²) in [6.45, 7) is 3.47. The van der Waals surface area contributed by atoms with Crippen LogP contribution in [0.3, 0.4) is 0 Å². The predicted octanol–water partition coefficient (Wildman–Crippen LogP) is 2.50. The van der Waals surface area contributed by atoms with E-state index < -0.39 is 4.92 Å². The van der Waals surface area contributed by atoms with Gasteiger partial charge in [-0.2, -0.15) is 0 Å². The number of rotatable bonds is 3. The molecule has 0 spiro atoms. The fraction of sp³-hybridized carbons (Fsp3) is 0.300. The molecule has 0 bridgehead atoms. The first-order valence-electron chi connectivity index (χ1n) is 4.34. The first-order chi connectivity index (χ1) is 6.54. The van der Waals surface area contributed by atoms with Gasteiger partial charge >= 0.3 is 0 Å². The van der Waals surface area contributed by atoms with Crippen LogP contribution in [-0.4, -0.2) is 10.7 Å². The third kappa shape index (κ3) is 2.16. The molecule has 0 atom stereocenters. The van der Waals surface area contributed by atoms with Crippen LogP contribution in [0.15, 0.2) is 18.2 Å². The maximum absolute atomic E-state index is 11.3. The second-order valence-corrected chi connectivity index (χ2v) is 3.09. The Morgan fingerprint density at radius 2 is 2.07 bits per heavy atom. The van der Waals surface area contributed by atoms with Crippen LogP contribution < -0.4 is 0 Å². The number of carbonyl (C=O) groups is 1. The summed E-state index contributed by atoms with van der Waals surface area (Å²) in [4.78, 5) is 21.3. The van der Waals surface area contributed by atoms with E-state index in [1.165, 1.54) is 12.1 Å². The van der Waals surface area contributed by atoms with E-state index in [0.29, 0.717) is 12.0 Å². The summed E-state index contributed by atoms with van der Waals surface area (Å²) in [6, 6.07) is 4.43. The standard InChI is InChI=1S/C10H11NO3/c1-3-10(12)8-4-7(2)5-9(6-8)11(13)14/h4-6H,3H2,1-2H3. The average Bonchev–Trinajstić information content (AvgIpc) is 2.15. The molecule has 0 saturated heterocycles. The van der Waals surface area contributed by atoms with E-state index in [4.69, 9.17) is 0 Å². The average molecular weight is 193 g/mol. The molecule has 0 unspecified atom stereocenters. The van der Waals surface area contributed by atoms with Crippen molar-refractivity contribution in [1.82, 2.24) is 0 Å². The molecule has 0 amide bonds. The second kappa shape index (κ2) is 4.00. The number of ketones is 1. The van der Waals surface area contributed by atoms with Crippen LogP contribution in [0.5, 0.6) is 0 Å². The molecule has 4 nitrogen and oxygen atoms in total. The Hall–Kier alpha value is -1.71. The molecule has 0 aliphatic rings. The van der Waals surface area contributed by atoms with Gasteiger partial charge in [0, 0.05) is 24.1 Å². The molecule has 0 aliphatic heterocycles. The number of carbonyl (C=O) groups excluding carboxylic acids is 1. The van der Waals surface area contributed by atoms with Crippen molar-refractivity contribution in [1.29, 1.82) is 0 Å². The van der Waals surface area contributed by atoms with Crippen LogP contribution in [0.25, 0.3) is 0 Å². The zero-order valence-electron chi connectivity index (χ0n) is 8.11. The van der Waals surface area contributed by atoms with Gasteiger partial charge in [0.1, 0.15) is 0 Å². The lowest BCUT2D eigenvalue weighted by atomic mass is 10.1. The molecule has 0 aromatic heterocycles. The summed E-state index contributed by atoms with van der Waals surface area (Å²) in [7, 11) is 0. The lowest BCUT2D eigenvalue weighted by Gasteiger charge is -2.00. The number of nitro groups is 1. The fourth-order valence-corrected chi connectivity index (χ4v) is 1.23. The van der Waals surface area contributed by atoms with Crippen molar-refractivity contribution in [3.8, 4) is 0 Å². The number of nitrogens with zero attached hydrogens (tertiary/aromatic N) is 1. The summed E-state index contributed by atoms with van der Waals surface area (Å²) in [5, 5.41) is 10.5. The summed E-state index contributed by atoms with van der Waals surface area (Å²) < 4.78 is 0. The molecule has 14 heavy (non-hydrogen) atoms. The lowest BCUT2D eigenvalue weighted by molar-refractivity contribution is -0.384. The second-order valence-electron chi connectivity index (χ2n) is 3.09. The summed E-state index contributed by atoms with van der Waals surface area (Å²) in [5.41, 5.74) is 1.12. The van der Waals surface area contributed by atoms with Crippen molar-refractivity contribution in [2.45, 2.75) is 20.3 Å². The van der Waals surface area contributed by atoms with Crippen molar-refractivity contribution < 1.29 is 9.72 Å². The van der Waals surface area contributed by atoms with Gasteiger partial charge in [-0.15, -0.1) is 0 Å². The van der Waals surface area contributed by atoms with Gasteiger partial charge in [-0.25, -0.2) is 0 Å². The van der Waals surface area contributed by atoms with Crippen molar-refractivity contribution in [3.63, 3.8) is 0 Å². The molecule has 0 radical (unpaired) electrons. The monoisotopic (exact) mass is 193 g/mol.